The van der Waals surface area contributed by atoms with Gasteiger partial charge in [-0.3, -0.25) is 0 Å². The van der Waals surface area contributed by atoms with Crippen LogP contribution in [0.2, 0.25) is 15.1 Å². The van der Waals surface area contributed by atoms with Crippen LogP contribution >= 0.6 is 34.8 Å². The van der Waals surface area contributed by atoms with Crippen molar-refractivity contribution in [1.82, 2.24) is 4.98 Å². The van der Waals surface area contributed by atoms with Gasteiger partial charge in [-0.1, -0.05) is 34.8 Å². The Hall–Kier alpha value is -1.03. The normalized spacial score (nSPS) is 10.6. The van der Waals surface area contributed by atoms with Gasteiger partial charge in [-0.05, 0) is 12.1 Å². The molecule has 0 radical (unpaired) electrons. The van der Waals surface area contributed by atoms with E-state index in [9.17, 15) is 9.50 Å². The van der Waals surface area contributed by atoms with E-state index in [4.69, 9.17) is 34.8 Å². The molecule has 0 saturated heterocycles. The zero-order chi connectivity index (χ0) is 12.6. The summed E-state index contributed by atoms with van der Waals surface area (Å²) in [5, 5.41) is 10.4. The van der Waals surface area contributed by atoms with Crippen molar-refractivity contribution in [1.29, 1.82) is 0 Å². The maximum absolute atomic E-state index is 13.0. The highest BCUT2D eigenvalue weighted by Crippen LogP contribution is 2.38. The zero-order valence-corrected chi connectivity index (χ0v) is 10.5. The Morgan fingerprint density at radius 2 is 1.59 bits per heavy atom. The average Bonchev–Trinajstić information content (AvgIpc) is 2.27. The fourth-order valence-electron chi connectivity index (χ4n) is 1.37. The fourth-order valence-corrected chi connectivity index (χ4v) is 2.02. The van der Waals surface area contributed by atoms with E-state index >= 15 is 0 Å². The maximum Gasteiger partial charge on any atom is 0.213 e. The summed E-state index contributed by atoms with van der Waals surface area (Å²) in [5.41, 5.74) is 0.598. The van der Waals surface area contributed by atoms with Gasteiger partial charge in [0, 0.05) is 17.2 Å². The van der Waals surface area contributed by atoms with Crippen LogP contribution in [0.4, 0.5) is 4.39 Å². The monoisotopic (exact) mass is 291 g/mol. The number of nitrogens with zero attached hydrogens (tertiary/aromatic N) is 1. The summed E-state index contributed by atoms with van der Waals surface area (Å²) in [6.45, 7) is 0. The molecule has 6 heteroatoms. The van der Waals surface area contributed by atoms with E-state index in [2.05, 4.69) is 4.98 Å². The third-order valence-corrected chi connectivity index (χ3v) is 3.18. The van der Waals surface area contributed by atoms with Crippen LogP contribution < -0.4 is 0 Å². The number of rotatable bonds is 1. The third-order valence-electron chi connectivity index (χ3n) is 2.15. The summed E-state index contributed by atoms with van der Waals surface area (Å²) in [6.07, 6.45) is 1.00. The molecule has 1 aromatic carbocycles. The van der Waals surface area contributed by atoms with E-state index in [0.29, 0.717) is 5.56 Å². The van der Waals surface area contributed by atoms with Crippen molar-refractivity contribution in [3.8, 4) is 16.9 Å². The Morgan fingerprint density at radius 3 is 2.29 bits per heavy atom. The predicted molar refractivity (Wildman–Crippen MR) is 66.3 cm³/mol. The van der Waals surface area contributed by atoms with E-state index in [1.165, 1.54) is 12.1 Å². The summed E-state index contributed by atoms with van der Waals surface area (Å²) < 4.78 is 13.0. The minimum absolute atomic E-state index is 0.188. The molecule has 1 heterocycles. The van der Waals surface area contributed by atoms with Gasteiger partial charge in [0.15, 0.2) is 0 Å². The molecule has 2 nitrogen and oxygen atoms in total. The number of benzene rings is 1. The highest BCUT2D eigenvalue weighted by atomic mass is 35.5. The van der Waals surface area contributed by atoms with Crippen LogP contribution in [0.15, 0.2) is 24.4 Å². The van der Waals surface area contributed by atoms with Crippen LogP contribution in [-0.2, 0) is 0 Å². The van der Waals surface area contributed by atoms with Crippen molar-refractivity contribution < 1.29 is 9.50 Å². The molecule has 0 aliphatic carbocycles. The molecule has 0 spiro atoms. The van der Waals surface area contributed by atoms with Crippen LogP contribution in [0.5, 0.6) is 5.75 Å². The van der Waals surface area contributed by atoms with Gasteiger partial charge >= 0.3 is 0 Å². The molecule has 0 atom stereocenters. The molecule has 0 aliphatic rings. The number of pyridine rings is 1. The predicted octanol–water partition coefficient (Wildman–Crippen LogP) is 4.55. The van der Waals surface area contributed by atoms with Gasteiger partial charge in [0.25, 0.3) is 0 Å². The molecule has 17 heavy (non-hydrogen) atoms. The molecule has 0 aliphatic heterocycles. The number of halogens is 4. The molecule has 0 saturated carbocycles. The molecule has 2 aromatic rings. The summed E-state index contributed by atoms with van der Waals surface area (Å²) in [6, 6.07) is 3.96. The summed E-state index contributed by atoms with van der Waals surface area (Å²) in [5.74, 6) is -0.911. The van der Waals surface area contributed by atoms with Crippen molar-refractivity contribution in [2.75, 3.05) is 0 Å². The first-order chi connectivity index (χ1) is 7.99. The molecule has 0 bridgehead atoms. The minimum Gasteiger partial charge on any atom is -0.506 e. The van der Waals surface area contributed by atoms with Crippen LogP contribution in [-0.4, -0.2) is 10.1 Å². The molecule has 0 fully saturated rings. The van der Waals surface area contributed by atoms with E-state index < -0.39 is 5.95 Å². The Morgan fingerprint density at radius 1 is 0.941 bits per heavy atom. The Bertz CT molecular complexity index is 589. The second-order valence-corrected chi connectivity index (χ2v) is 4.49. The maximum atomic E-state index is 13.0. The van der Waals surface area contributed by atoms with E-state index in [1.54, 1.807) is 0 Å². The second kappa shape index (κ2) is 4.69. The van der Waals surface area contributed by atoms with Gasteiger partial charge in [-0.2, -0.15) is 4.39 Å². The molecule has 0 amide bonds. The Labute approximate surface area is 112 Å². The van der Waals surface area contributed by atoms with Gasteiger partial charge < -0.3 is 5.11 Å². The van der Waals surface area contributed by atoms with Crippen molar-refractivity contribution in [2.24, 2.45) is 0 Å². The molecular weight excluding hydrogens is 287 g/mol. The van der Waals surface area contributed by atoms with Gasteiger partial charge in [0.1, 0.15) is 5.75 Å². The lowest BCUT2D eigenvalue weighted by Crippen LogP contribution is -1.87. The van der Waals surface area contributed by atoms with Crippen LogP contribution in [0.25, 0.3) is 11.1 Å². The number of hydrogen-bond donors (Lipinski definition) is 1. The standard InChI is InChI=1S/C11H5Cl3FNO/c12-7-3-9(14)8(13)1-5(7)6-2-11(15)16-4-10(6)17/h1-4,17H. The van der Waals surface area contributed by atoms with Gasteiger partial charge in [-0.15, -0.1) is 0 Å². The first-order valence-corrected chi connectivity index (χ1v) is 5.62. The average molecular weight is 293 g/mol. The molecule has 88 valence electrons. The molecule has 1 aromatic heterocycles. The van der Waals surface area contributed by atoms with Gasteiger partial charge in [-0.25, -0.2) is 4.98 Å². The molecule has 0 unspecified atom stereocenters. The summed E-state index contributed by atoms with van der Waals surface area (Å²) >= 11 is 17.6. The SMILES string of the molecule is Oc1cnc(F)cc1-c1cc(Cl)c(Cl)cc1Cl. The number of aromatic nitrogens is 1. The fraction of sp³-hybridized carbons (Fsp3) is 0. The number of hydrogen-bond acceptors (Lipinski definition) is 2. The summed E-state index contributed by atoms with van der Waals surface area (Å²) in [4.78, 5) is 3.32. The van der Waals surface area contributed by atoms with E-state index in [0.717, 1.165) is 12.3 Å². The zero-order valence-electron chi connectivity index (χ0n) is 8.22. The van der Waals surface area contributed by atoms with Crippen molar-refractivity contribution in [3.05, 3.63) is 45.4 Å². The lowest BCUT2D eigenvalue weighted by molar-refractivity contribution is 0.469. The Balaban J connectivity index is 2.68. The largest absolute Gasteiger partial charge is 0.506 e. The van der Waals surface area contributed by atoms with E-state index in [1.807, 2.05) is 0 Å². The highest BCUT2D eigenvalue weighted by molar-refractivity contribution is 6.44. The molecule has 1 N–H and O–H groups in total. The Kier molecular flexibility index (Phi) is 3.43. The second-order valence-electron chi connectivity index (χ2n) is 3.27. The van der Waals surface area contributed by atoms with Crippen molar-refractivity contribution in [3.63, 3.8) is 0 Å². The highest BCUT2D eigenvalue weighted by Gasteiger charge is 2.13. The summed E-state index contributed by atoms with van der Waals surface area (Å²) in [7, 11) is 0. The van der Waals surface area contributed by atoms with Crippen LogP contribution in [0.3, 0.4) is 0 Å². The van der Waals surface area contributed by atoms with Crippen molar-refractivity contribution in [2.45, 2.75) is 0 Å². The van der Waals surface area contributed by atoms with Crippen molar-refractivity contribution >= 4 is 34.8 Å². The van der Waals surface area contributed by atoms with Crippen LogP contribution in [0, 0.1) is 5.95 Å². The minimum atomic E-state index is -0.722. The lowest BCUT2D eigenvalue weighted by Gasteiger charge is -2.08. The van der Waals surface area contributed by atoms with Crippen LogP contribution in [0.1, 0.15) is 0 Å². The van der Waals surface area contributed by atoms with Gasteiger partial charge in [0.05, 0.1) is 21.3 Å². The first-order valence-electron chi connectivity index (χ1n) is 4.48. The number of aromatic hydroxyl groups is 1. The third kappa shape index (κ3) is 2.46. The topological polar surface area (TPSA) is 33.1 Å². The quantitative estimate of drug-likeness (QED) is 0.617. The van der Waals surface area contributed by atoms with E-state index in [-0.39, 0.29) is 26.4 Å². The first kappa shape index (κ1) is 12.4. The lowest BCUT2D eigenvalue weighted by atomic mass is 10.1. The smallest absolute Gasteiger partial charge is 0.213 e. The molecule has 2 rings (SSSR count). The van der Waals surface area contributed by atoms with Gasteiger partial charge in [0.2, 0.25) is 5.95 Å². The molecular formula is C11H5Cl3FNO.